The highest BCUT2D eigenvalue weighted by molar-refractivity contribution is 5.87. The first-order chi connectivity index (χ1) is 10.0. The molecule has 1 aromatic carbocycles. The van der Waals surface area contributed by atoms with Gasteiger partial charge in [-0.15, -0.1) is 0 Å². The van der Waals surface area contributed by atoms with Crippen LogP contribution in [0.1, 0.15) is 25.3 Å². The molecule has 0 bridgehead atoms. The summed E-state index contributed by atoms with van der Waals surface area (Å²) >= 11 is 0. The van der Waals surface area contributed by atoms with Crippen molar-refractivity contribution in [1.29, 1.82) is 0 Å². The summed E-state index contributed by atoms with van der Waals surface area (Å²) in [5.41, 5.74) is 0.375. The van der Waals surface area contributed by atoms with E-state index in [1.807, 2.05) is 37.3 Å². The third kappa shape index (κ3) is 4.04. The van der Waals surface area contributed by atoms with Crippen LogP contribution in [0.2, 0.25) is 0 Å². The van der Waals surface area contributed by atoms with Crippen LogP contribution >= 0.6 is 0 Å². The van der Waals surface area contributed by atoms with Crippen LogP contribution in [0.25, 0.3) is 0 Å². The number of carboxylic acids is 1. The summed E-state index contributed by atoms with van der Waals surface area (Å²) in [7, 11) is 0. The van der Waals surface area contributed by atoms with Crippen LogP contribution in [0.15, 0.2) is 30.3 Å². The first-order valence-electron chi connectivity index (χ1n) is 7.30. The highest BCUT2D eigenvalue weighted by Crippen LogP contribution is 2.25. The number of carbonyl (C=O) groups is 2. The van der Waals surface area contributed by atoms with Crippen molar-refractivity contribution in [1.82, 2.24) is 10.6 Å². The second kappa shape index (κ2) is 6.72. The van der Waals surface area contributed by atoms with Gasteiger partial charge < -0.3 is 15.7 Å². The van der Waals surface area contributed by atoms with Crippen LogP contribution < -0.4 is 10.6 Å². The molecule has 3 N–H and O–H groups in total. The zero-order valence-electron chi connectivity index (χ0n) is 12.3. The molecule has 2 rings (SSSR count). The van der Waals surface area contributed by atoms with E-state index >= 15 is 0 Å². The molecule has 1 fully saturated rings. The van der Waals surface area contributed by atoms with E-state index in [0.29, 0.717) is 13.0 Å². The van der Waals surface area contributed by atoms with Gasteiger partial charge in [0.05, 0.1) is 5.41 Å². The Morgan fingerprint density at radius 3 is 2.67 bits per heavy atom. The molecule has 1 aliphatic rings. The Hall–Kier alpha value is -1.88. The Morgan fingerprint density at radius 2 is 2.10 bits per heavy atom. The second-order valence-corrected chi connectivity index (χ2v) is 5.89. The minimum absolute atomic E-state index is 0.182. The number of aliphatic carboxylic acids is 1. The molecule has 2 atom stereocenters. The molecule has 0 aromatic heterocycles. The van der Waals surface area contributed by atoms with Crippen molar-refractivity contribution in [3.8, 4) is 0 Å². The molecule has 1 aliphatic heterocycles. The van der Waals surface area contributed by atoms with Crippen molar-refractivity contribution in [3.63, 3.8) is 0 Å². The number of hydrogen-bond acceptors (Lipinski definition) is 3. The summed E-state index contributed by atoms with van der Waals surface area (Å²) in [6, 6.07) is 8.45. The summed E-state index contributed by atoms with van der Waals surface area (Å²) in [6.07, 6.45) is 2.01. The predicted octanol–water partition coefficient (Wildman–Crippen LogP) is 1.19. The smallest absolute Gasteiger partial charge is 0.326 e. The number of carboxylic acid groups (broad SMARTS) is 1. The van der Waals surface area contributed by atoms with E-state index in [4.69, 9.17) is 0 Å². The minimum atomic E-state index is -1.00. The molecular formula is C16H22N2O3. The largest absolute Gasteiger partial charge is 0.480 e. The van der Waals surface area contributed by atoms with Gasteiger partial charge in [0, 0.05) is 13.0 Å². The van der Waals surface area contributed by atoms with Crippen LogP contribution in [0, 0.1) is 5.41 Å². The van der Waals surface area contributed by atoms with Crippen molar-refractivity contribution < 1.29 is 14.7 Å². The number of piperidine rings is 1. The summed E-state index contributed by atoms with van der Waals surface area (Å²) in [5.74, 6) is -1.18. The van der Waals surface area contributed by atoms with E-state index < -0.39 is 17.4 Å². The lowest BCUT2D eigenvalue weighted by atomic mass is 9.81. The molecular weight excluding hydrogens is 268 g/mol. The Kier molecular flexibility index (Phi) is 4.96. The van der Waals surface area contributed by atoms with Gasteiger partial charge in [0.25, 0.3) is 0 Å². The van der Waals surface area contributed by atoms with E-state index in [0.717, 1.165) is 24.9 Å². The number of carbonyl (C=O) groups excluding carboxylic acids is 1. The van der Waals surface area contributed by atoms with E-state index in [1.54, 1.807) is 0 Å². The Labute approximate surface area is 124 Å². The molecule has 114 valence electrons. The average molecular weight is 290 g/mol. The maximum absolute atomic E-state index is 12.4. The Morgan fingerprint density at radius 1 is 1.38 bits per heavy atom. The molecule has 5 nitrogen and oxygen atoms in total. The highest BCUT2D eigenvalue weighted by Gasteiger charge is 2.36. The maximum Gasteiger partial charge on any atom is 0.326 e. The molecule has 5 heteroatoms. The minimum Gasteiger partial charge on any atom is -0.480 e. The summed E-state index contributed by atoms with van der Waals surface area (Å²) < 4.78 is 0. The molecule has 1 heterocycles. The number of rotatable bonds is 5. The van der Waals surface area contributed by atoms with Crippen molar-refractivity contribution in [2.24, 2.45) is 5.41 Å². The van der Waals surface area contributed by atoms with Crippen molar-refractivity contribution >= 4 is 11.9 Å². The summed E-state index contributed by atoms with van der Waals surface area (Å²) in [6.45, 7) is 3.39. The van der Waals surface area contributed by atoms with E-state index in [9.17, 15) is 14.7 Å². The highest BCUT2D eigenvalue weighted by atomic mass is 16.4. The molecule has 1 amide bonds. The van der Waals surface area contributed by atoms with Gasteiger partial charge in [-0.3, -0.25) is 4.79 Å². The Balaban J connectivity index is 2.02. The van der Waals surface area contributed by atoms with Gasteiger partial charge in [0.2, 0.25) is 5.91 Å². The van der Waals surface area contributed by atoms with E-state index in [-0.39, 0.29) is 5.91 Å². The van der Waals surface area contributed by atoms with Gasteiger partial charge in [0.15, 0.2) is 0 Å². The third-order valence-corrected chi connectivity index (χ3v) is 4.03. The standard InChI is InChI=1S/C16H22N2O3/c1-16(8-5-9-17-11-16)15(21)18-13(14(19)20)10-12-6-3-2-4-7-12/h2-4,6-7,13,17H,5,8-11H2,1H3,(H,18,21)(H,19,20). The number of hydrogen-bond donors (Lipinski definition) is 3. The first-order valence-corrected chi connectivity index (χ1v) is 7.30. The summed E-state index contributed by atoms with van der Waals surface area (Å²) in [4.78, 5) is 23.8. The molecule has 21 heavy (non-hydrogen) atoms. The Bertz CT molecular complexity index is 496. The van der Waals surface area contributed by atoms with Gasteiger partial charge in [-0.25, -0.2) is 4.79 Å². The van der Waals surface area contributed by atoms with Crippen molar-refractivity contribution in [2.45, 2.75) is 32.2 Å². The molecule has 0 aliphatic carbocycles. The molecule has 1 saturated heterocycles. The molecule has 2 unspecified atom stereocenters. The van der Waals surface area contributed by atoms with E-state index in [1.165, 1.54) is 0 Å². The van der Waals surface area contributed by atoms with Gasteiger partial charge in [-0.05, 0) is 31.9 Å². The second-order valence-electron chi connectivity index (χ2n) is 5.89. The normalized spacial score (nSPS) is 23.3. The number of nitrogens with one attached hydrogen (secondary N) is 2. The zero-order valence-corrected chi connectivity index (χ0v) is 12.3. The van der Waals surface area contributed by atoms with Gasteiger partial charge in [-0.1, -0.05) is 30.3 Å². The van der Waals surface area contributed by atoms with Crippen LogP contribution in [-0.2, 0) is 16.0 Å². The fourth-order valence-corrected chi connectivity index (χ4v) is 2.63. The topological polar surface area (TPSA) is 78.4 Å². The van der Waals surface area contributed by atoms with Crippen molar-refractivity contribution in [3.05, 3.63) is 35.9 Å². The molecule has 1 aromatic rings. The molecule has 0 saturated carbocycles. The first kappa shape index (κ1) is 15.5. The maximum atomic E-state index is 12.4. The fraction of sp³-hybridized carbons (Fsp3) is 0.500. The van der Waals surface area contributed by atoms with Crippen LogP contribution in [0.5, 0.6) is 0 Å². The molecule has 0 spiro atoms. The quantitative estimate of drug-likeness (QED) is 0.761. The lowest BCUT2D eigenvalue weighted by Gasteiger charge is -2.33. The SMILES string of the molecule is CC1(C(=O)NC(Cc2ccccc2)C(=O)O)CCCNC1. The number of benzene rings is 1. The van der Waals surface area contributed by atoms with Crippen LogP contribution in [-0.4, -0.2) is 36.1 Å². The van der Waals surface area contributed by atoms with Crippen LogP contribution in [0.3, 0.4) is 0 Å². The summed E-state index contributed by atoms with van der Waals surface area (Å²) in [5, 5.41) is 15.2. The monoisotopic (exact) mass is 290 g/mol. The average Bonchev–Trinajstić information content (AvgIpc) is 2.48. The zero-order chi connectivity index (χ0) is 15.3. The van der Waals surface area contributed by atoms with Crippen LogP contribution in [0.4, 0.5) is 0 Å². The van der Waals surface area contributed by atoms with Gasteiger partial charge >= 0.3 is 5.97 Å². The number of amides is 1. The third-order valence-electron chi connectivity index (χ3n) is 4.03. The van der Waals surface area contributed by atoms with Crippen molar-refractivity contribution in [2.75, 3.05) is 13.1 Å². The molecule has 0 radical (unpaired) electrons. The lowest BCUT2D eigenvalue weighted by molar-refractivity contribution is -0.144. The predicted molar refractivity (Wildman–Crippen MR) is 79.9 cm³/mol. The lowest BCUT2D eigenvalue weighted by Crippen LogP contribution is -2.53. The van der Waals surface area contributed by atoms with Gasteiger partial charge in [-0.2, -0.15) is 0 Å². The van der Waals surface area contributed by atoms with Gasteiger partial charge in [0.1, 0.15) is 6.04 Å². The van der Waals surface area contributed by atoms with E-state index in [2.05, 4.69) is 10.6 Å². The fourth-order valence-electron chi connectivity index (χ4n) is 2.63.